The van der Waals surface area contributed by atoms with Crippen LogP contribution in [0.1, 0.15) is 26.3 Å². The van der Waals surface area contributed by atoms with Crippen molar-refractivity contribution in [3.8, 4) is 11.5 Å². The van der Waals surface area contributed by atoms with E-state index >= 15 is 0 Å². The summed E-state index contributed by atoms with van der Waals surface area (Å²) in [5.74, 6) is 1.76. The Morgan fingerprint density at radius 3 is 2.64 bits per heavy atom. The highest BCUT2D eigenvalue weighted by atomic mass is 16.5. The Bertz CT molecular complexity index is 292. The van der Waals surface area contributed by atoms with E-state index < -0.39 is 0 Å². The molecule has 0 aliphatic carbocycles. The van der Waals surface area contributed by atoms with Crippen LogP contribution in [0.4, 0.5) is 0 Å². The third kappa shape index (κ3) is 2.95. The molecule has 1 N–H and O–H groups in total. The van der Waals surface area contributed by atoms with Crippen molar-refractivity contribution < 1.29 is 9.84 Å². The normalized spacial score (nSPS) is 10.6. The molecule has 0 fully saturated rings. The molecule has 0 heterocycles. The number of hydrogen-bond donors (Lipinski definition) is 1. The van der Waals surface area contributed by atoms with Gasteiger partial charge in [-0.3, -0.25) is 0 Å². The monoisotopic (exact) mass is 194 g/mol. The molecular weight excluding hydrogens is 176 g/mol. The Morgan fingerprint density at radius 2 is 2.07 bits per heavy atom. The fourth-order valence-electron chi connectivity index (χ4n) is 1.46. The first-order chi connectivity index (χ1) is 6.63. The number of rotatable bonds is 4. The largest absolute Gasteiger partial charge is 0.508 e. The van der Waals surface area contributed by atoms with Crippen molar-refractivity contribution in [3.63, 3.8) is 0 Å². The lowest BCUT2D eigenvalue weighted by molar-refractivity contribution is 0.334. The van der Waals surface area contributed by atoms with Crippen LogP contribution in [0.5, 0.6) is 11.5 Å². The molecule has 14 heavy (non-hydrogen) atoms. The summed E-state index contributed by atoms with van der Waals surface area (Å²) in [7, 11) is 0. The molecule has 2 nitrogen and oxygen atoms in total. The minimum absolute atomic E-state index is 0.309. The predicted molar refractivity (Wildman–Crippen MR) is 57.8 cm³/mol. The number of aromatic hydroxyl groups is 1. The molecular formula is C12H18O2. The van der Waals surface area contributed by atoms with Crippen LogP contribution in [0.3, 0.4) is 0 Å². The average molecular weight is 194 g/mol. The van der Waals surface area contributed by atoms with E-state index in [-0.39, 0.29) is 0 Å². The molecule has 0 saturated carbocycles. The van der Waals surface area contributed by atoms with E-state index in [1.54, 1.807) is 12.1 Å². The maximum Gasteiger partial charge on any atom is 0.122 e. The molecule has 1 aromatic carbocycles. The van der Waals surface area contributed by atoms with Gasteiger partial charge in [0.05, 0.1) is 6.61 Å². The van der Waals surface area contributed by atoms with Crippen LogP contribution < -0.4 is 4.74 Å². The first-order valence-corrected chi connectivity index (χ1v) is 5.08. The third-order valence-corrected chi connectivity index (χ3v) is 1.97. The lowest BCUT2D eigenvalue weighted by atomic mass is 10.0. The molecule has 0 spiro atoms. The van der Waals surface area contributed by atoms with Gasteiger partial charge in [-0.1, -0.05) is 13.8 Å². The van der Waals surface area contributed by atoms with Crippen molar-refractivity contribution in [1.29, 1.82) is 0 Å². The van der Waals surface area contributed by atoms with Crippen molar-refractivity contribution in [2.75, 3.05) is 6.61 Å². The summed E-state index contributed by atoms with van der Waals surface area (Å²) in [4.78, 5) is 0. The highest BCUT2D eigenvalue weighted by molar-refractivity contribution is 5.39. The average Bonchev–Trinajstić information content (AvgIpc) is 2.09. The van der Waals surface area contributed by atoms with E-state index in [4.69, 9.17) is 4.74 Å². The Balaban J connectivity index is 2.90. The summed E-state index contributed by atoms with van der Waals surface area (Å²) in [6.07, 6.45) is 0.934. The van der Waals surface area contributed by atoms with Gasteiger partial charge in [0, 0.05) is 0 Å². The Morgan fingerprint density at radius 1 is 1.36 bits per heavy atom. The van der Waals surface area contributed by atoms with Gasteiger partial charge in [-0.2, -0.15) is 0 Å². The molecule has 0 unspecified atom stereocenters. The summed E-state index contributed by atoms with van der Waals surface area (Å²) in [5, 5.41) is 9.36. The van der Waals surface area contributed by atoms with Gasteiger partial charge in [-0.05, 0) is 43.0 Å². The predicted octanol–water partition coefficient (Wildman–Crippen LogP) is 2.99. The third-order valence-electron chi connectivity index (χ3n) is 1.97. The fourth-order valence-corrected chi connectivity index (χ4v) is 1.46. The smallest absolute Gasteiger partial charge is 0.122 e. The second-order valence-corrected chi connectivity index (χ2v) is 3.82. The van der Waals surface area contributed by atoms with Crippen LogP contribution in [0.15, 0.2) is 18.2 Å². The second-order valence-electron chi connectivity index (χ2n) is 3.82. The van der Waals surface area contributed by atoms with Crippen LogP contribution in [-0.4, -0.2) is 11.7 Å². The molecule has 0 aliphatic rings. The quantitative estimate of drug-likeness (QED) is 0.798. The molecule has 0 saturated heterocycles. The molecule has 2 heteroatoms. The van der Waals surface area contributed by atoms with Gasteiger partial charge in [0.2, 0.25) is 0 Å². The Labute approximate surface area is 85.5 Å². The van der Waals surface area contributed by atoms with Gasteiger partial charge >= 0.3 is 0 Å². The topological polar surface area (TPSA) is 29.5 Å². The molecule has 0 bridgehead atoms. The van der Waals surface area contributed by atoms with Crippen LogP contribution >= 0.6 is 0 Å². The first-order valence-electron chi connectivity index (χ1n) is 5.08. The van der Waals surface area contributed by atoms with E-state index in [9.17, 15) is 5.11 Å². The van der Waals surface area contributed by atoms with E-state index in [1.165, 1.54) is 0 Å². The van der Waals surface area contributed by atoms with E-state index in [0.717, 1.165) is 17.7 Å². The van der Waals surface area contributed by atoms with Crippen LogP contribution in [0, 0.1) is 5.92 Å². The van der Waals surface area contributed by atoms with Crippen molar-refractivity contribution in [3.05, 3.63) is 23.8 Å². The summed E-state index contributed by atoms with van der Waals surface area (Å²) < 4.78 is 5.48. The van der Waals surface area contributed by atoms with Crippen molar-refractivity contribution in [2.24, 2.45) is 5.92 Å². The summed E-state index contributed by atoms with van der Waals surface area (Å²) in [5.41, 5.74) is 1.09. The number of hydrogen-bond acceptors (Lipinski definition) is 2. The van der Waals surface area contributed by atoms with Crippen molar-refractivity contribution in [1.82, 2.24) is 0 Å². The Kier molecular flexibility index (Phi) is 3.81. The molecule has 1 rings (SSSR count). The zero-order chi connectivity index (χ0) is 10.6. The van der Waals surface area contributed by atoms with Gasteiger partial charge < -0.3 is 9.84 Å². The lowest BCUT2D eigenvalue weighted by Crippen LogP contribution is -2.00. The summed E-state index contributed by atoms with van der Waals surface area (Å²) in [6, 6.07) is 5.27. The number of benzene rings is 1. The minimum atomic E-state index is 0.309. The van der Waals surface area contributed by atoms with Crippen LogP contribution in [-0.2, 0) is 6.42 Å². The van der Waals surface area contributed by atoms with Crippen LogP contribution in [0.2, 0.25) is 0 Å². The Hall–Kier alpha value is -1.18. The zero-order valence-corrected chi connectivity index (χ0v) is 9.08. The maximum atomic E-state index is 9.36. The zero-order valence-electron chi connectivity index (χ0n) is 9.08. The molecule has 1 aromatic rings. The summed E-state index contributed by atoms with van der Waals surface area (Å²) in [6.45, 7) is 6.93. The van der Waals surface area contributed by atoms with Gasteiger partial charge in [0.15, 0.2) is 0 Å². The molecule has 0 atom stereocenters. The van der Waals surface area contributed by atoms with E-state index in [1.807, 2.05) is 13.0 Å². The highest BCUT2D eigenvalue weighted by Gasteiger charge is 2.06. The molecule has 0 amide bonds. The standard InChI is InChI=1S/C12H18O2/c1-4-14-12-6-5-11(13)8-10(12)7-9(2)3/h5-6,8-9,13H,4,7H2,1-3H3. The van der Waals surface area contributed by atoms with Crippen molar-refractivity contribution >= 4 is 0 Å². The first kappa shape index (κ1) is 10.9. The van der Waals surface area contributed by atoms with E-state index in [2.05, 4.69) is 13.8 Å². The summed E-state index contributed by atoms with van der Waals surface area (Å²) >= 11 is 0. The number of ether oxygens (including phenoxy) is 1. The molecule has 0 radical (unpaired) electrons. The van der Waals surface area contributed by atoms with Gasteiger partial charge in [-0.15, -0.1) is 0 Å². The molecule has 0 aliphatic heterocycles. The molecule has 78 valence electrons. The number of phenols is 1. The lowest BCUT2D eigenvalue weighted by Gasteiger charge is -2.12. The highest BCUT2D eigenvalue weighted by Crippen LogP contribution is 2.25. The van der Waals surface area contributed by atoms with Gasteiger partial charge in [0.25, 0.3) is 0 Å². The van der Waals surface area contributed by atoms with Gasteiger partial charge in [-0.25, -0.2) is 0 Å². The fraction of sp³-hybridized carbons (Fsp3) is 0.500. The van der Waals surface area contributed by atoms with Crippen LogP contribution in [0.25, 0.3) is 0 Å². The van der Waals surface area contributed by atoms with E-state index in [0.29, 0.717) is 18.3 Å². The minimum Gasteiger partial charge on any atom is -0.508 e. The SMILES string of the molecule is CCOc1ccc(O)cc1CC(C)C. The second kappa shape index (κ2) is 4.89. The number of phenolic OH excluding ortho intramolecular Hbond substituents is 1. The van der Waals surface area contributed by atoms with Gasteiger partial charge in [0.1, 0.15) is 11.5 Å². The maximum absolute atomic E-state index is 9.36. The molecule has 0 aromatic heterocycles. The van der Waals surface area contributed by atoms with Crippen molar-refractivity contribution in [2.45, 2.75) is 27.2 Å².